The van der Waals surface area contributed by atoms with Crippen LogP contribution in [0.5, 0.6) is 0 Å². The van der Waals surface area contributed by atoms with Crippen LogP contribution in [0.1, 0.15) is 26.3 Å². The summed E-state index contributed by atoms with van der Waals surface area (Å²) in [5.74, 6) is 0.804. The lowest BCUT2D eigenvalue weighted by Gasteiger charge is -2.34. The first-order chi connectivity index (χ1) is 12.3. The highest BCUT2D eigenvalue weighted by molar-refractivity contribution is 5.71. The molecule has 2 atom stereocenters. The van der Waals surface area contributed by atoms with Gasteiger partial charge in [0, 0.05) is 12.8 Å². The summed E-state index contributed by atoms with van der Waals surface area (Å²) >= 11 is 0. The Labute approximate surface area is 151 Å². The molecule has 0 radical (unpaired) electrons. The van der Waals surface area contributed by atoms with Crippen LogP contribution in [-0.2, 0) is 25.5 Å². The van der Waals surface area contributed by atoms with Crippen LogP contribution in [0.15, 0.2) is 36.0 Å². The SMILES string of the molecule is CC(=O)OC1OCN(N(C(=O)O)C(=C=O)C(C)C)C1Cc1ccccc1. The first-order valence-corrected chi connectivity index (χ1v) is 8.22. The third kappa shape index (κ3) is 4.49. The predicted octanol–water partition coefficient (Wildman–Crippen LogP) is 2.04. The first kappa shape index (κ1) is 19.7. The van der Waals surface area contributed by atoms with E-state index < -0.39 is 24.4 Å². The molecule has 1 N–H and O–H groups in total. The quantitative estimate of drug-likeness (QED) is 0.611. The van der Waals surface area contributed by atoms with E-state index in [2.05, 4.69) is 0 Å². The predicted molar refractivity (Wildman–Crippen MR) is 91.2 cm³/mol. The fourth-order valence-corrected chi connectivity index (χ4v) is 2.79. The molecule has 26 heavy (non-hydrogen) atoms. The summed E-state index contributed by atoms with van der Waals surface area (Å²) in [6, 6.07) is 8.73. The number of ether oxygens (including phenoxy) is 2. The number of carbonyl (C=O) groups excluding carboxylic acids is 2. The van der Waals surface area contributed by atoms with Gasteiger partial charge in [0.2, 0.25) is 6.29 Å². The maximum absolute atomic E-state index is 11.8. The van der Waals surface area contributed by atoms with Crippen molar-refractivity contribution in [1.29, 1.82) is 0 Å². The van der Waals surface area contributed by atoms with Gasteiger partial charge in [-0.25, -0.2) is 9.59 Å². The molecule has 1 aromatic rings. The summed E-state index contributed by atoms with van der Waals surface area (Å²) in [5.41, 5.74) is 0.874. The Morgan fingerprint density at radius 3 is 2.54 bits per heavy atom. The van der Waals surface area contributed by atoms with E-state index in [1.165, 1.54) is 11.9 Å². The minimum atomic E-state index is -1.33. The Bertz CT molecular complexity index is 699. The van der Waals surface area contributed by atoms with Crippen LogP contribution in [-0.4, -0.2) is 52.2 Å². The number of hydrogen-bond donors (Lipinski definition) is 1. The molecule has 0 bridgehead atoms. The molecule has 1 aliphatic rings. The maximum Gasteiger partial charge on any atom is 0.427 e. The molecule has 1 saturated heterocycles. The van der Waals surface area contributed by atoms with Gasteiger partial charge in [-0.3, -0.25) is 4.79 Å². The Balaban J connectivity index is 2.37. The van der Waals surface area contributed by atoms with Crippen LogP contribution in [0.3, 0.4) is 0 Å². The monoisotopic (exact) mass is 362 g/mol. The van der Waals surface area contributed by atoms with E-state index in [0.717, 1.165) is 10.6 Å². The number of esters is 1. The lowest BCUT2D eigenvalue weighted by Crippen LogP contribution is -2.51. The van der Waals surface area contributed by atoms with Gasteiger partial charge in [0.25, 0.3) is 0 Å². The maximum atomic E-state index is 11.8. The average molecular weight is 362 g/mol. The molecular weight excluding hydrogens is 340 g/mol. The van der Waals surface area contributed by atoms with E-state index in [0.29, 0.717) is 6.42 Å². The molecule has 0 saturated carbocycles. The molecule has 140 valence electrons. The van der Waals surface area contributed by atoms with Gasteiger partial charge in [-0.2, -0.15) is 10.0 Å². The fraction of sp³-hybridized carbons (Fsp3) is 0.444. The summed E-state index contributed by atoms with van der Waals surface area (Å²) in [4.78, 5) is 34.6. The van der Waals surface area contributed by atoms with Gasteiger partial charge in [0.15, 0.2) is 0 Å². The van der Waals surface area contributed by atoms with Crippen molar-refractivity contribution in [3.05, 3.63) is 41.6 Å². The van der Waals surface area contributed by atoms with Gasteiger partial charge in [0.05, 0.1) is 6.04 Å². The smallest absolute Gasteiger partial charge is 0.427 e. The van der Waals surface area contributed by atoms with E-state index in [9.17, 15) is 19.5 Å². The van der Waals surface area contributed by atoms with E-state index in [1.54, 1.807) is 19.8 Å². The van der Waals surface area contributed by atoms with Crippen molar-refractivity contribution in [2.75, 3.05) is 6.73 Å². The fourth-order valence-electron chi connectivity index (χ4n) is 2.79. The molecule has 8 heteroatoms. The topological polar surface area (TPSA) is 96.4 Å². The van der Waals surface area contributed by atoms with Crippen molar-refractivity contribution >= 4 is 18.0 Å². The lowest BCUT2D eigenvalue weighted by atomic mass is 10.1. The second-order valence-corrected chi connectivity index (χ2v) is 6.21. The molecule has 1 amide bonds. The zero-order chi connectivity index (χ0) is 19.3. The minimum Gasteiger partial charge on any atom is -0.464 e. The second kappa shape index (κ2) is 8.62. The summed E-state index contributed by atoms with van der Waals surface area (Å²) < 4.78 is 10.7. The Morgan fingerprint density at radius 2 is 2.04 bits per heavy atom. The van der Waals surface area contributed by atoms with Crippen molar-refractivity contribution in [3.8, 4) is 0 Å². The van der Waals surface area contributed by atoms with Gasteiger partial charge in [-0.05, 0) is 12.0 Å². The molecule has 1 fully saturated rings. The number of benzene rings is 1. The third-order valence-electron chi connectivity index (χ3n) is 3.96. The molecule has 0 aromatic heterocycles. The lowest BCUT2D eigenvalue weighted by molar-refractivity contribution is -0.169. The number of hydrogen-bond acceptors (Lipinski definition) is 6. The van der Waals surface area contributed by atoms with Crippen molar-refractivity contribution in [2.24, 2.45) is 5.92 Å². The van der Waals surface area contributed by atoms with Crippen molar-refractivity contribution in [2.45, 2.75) is 39.5 Å². The van der Waals surface area contributed by atoms with Crippen LogP contribution in [0, 0.1) is 5.92 Å². The number of carboxylic acid groups (broad SMARTS) is 1. The number of allylic oxidation sites excluding steroid dienone is 1. The molecule has 2 unspecified atom stereocenters. The van der Waals surface area contributed by atoms with Gasteiger partial charge >= 0.3 is 12.1 Å². The number of hydrazine groups is 1. The van der Waals surface area contributed by atoms with Gasteiger partial charge in [-0.15, -0.1) is 0 Å². The summed E-state index contributed by atoms with van der Waals surface area (Å²) in [6.07, 6.45) is -1.91. The highest BCUT2D eigenvalue weighted by atomic mass is 16.7. The standard InChI is InChI=1S/C18H22N2O6/c1-12(2)16(10-21)20(18(23)24)19-11-25-17(26-13(3)22)15(19)9-14-7-5-4-6-8-14/h4-8,12,15,17H,9,11H2,1-3H3,(H,23,24). The first-order valence-electron chi connectivity index (χ1n) is 8.22. The van der Waals surface area contributed by atoms with Gasteiger partial charge < -0.3 is 14.6 Å². The molecule has 0 aliphatic carbocycles. The van der Waals surface area contributed by atoms with Crippen LogP contribution in [0.25, 0.3) is 0 Å². The normalized spacial score (nSPS) is 19.8. The highest BCUT2D eigenvalue weighted by Gasteiger charge is 2.44. The molecule has 2 rings (SSSR count). The molecule has 8 nitrogen and oxygen atoms in total. The van der Waals surface area contributed by atoms with Crippen molar-refractivity contribution in [3.63, 3.8) is 0 Å². The molecular formula is C18H22N2O6. The van der Waals surface area contributed by atoms with Crippen molar-refractivity contribution in [1.82, 2.24) is 10.0 Å². The summed E-state index contributed by atoms with van der Waals surface area (Å²) in [7, 11) is 0. The number of amides is 1. The van der Waals surface area contributed by atoms with Crippen LogP contribution in [0.4, 0.5) is 4.79 Å². The van der Waals surface area contributed by atoms with E-state index >= 15 is 0 Å². The molecule has 0 spiro atoms. The van der Waals surface area contributed by atoms with E-state index in [4.69, 9.17) is 9.47 Å². The largest absolute Gasteiger partial charge is 0.464 e. The molecule has 1 aliphatic heterocycles. The van der Waals surface area contributed by atoms with Crippen LogP contribution in [0.2, 0.25) is 0 Å². The number of nitrogens with zero attached hydrogens (tertiary/aromatic N) is 2. The highest BCUT2D eigenvalue weighted by Crippen LogP contribution is 2.28. The van der Waals surface area contributed by atoms with E-state index in [-0.39, 0.29) is 18.3 Å². The average Bonchev–Trinajstić information content (AvgIpc) is 2.94. The Kier molecular flexibility index (Phi) is 6.52. The number of rotatable bonds is 6. The third-order valence-corrected chi connectivity index (χ3v) is 3.96. The molecule has 1 aromatic carbocycles. The van der Waals surface area contributed by atoms with Crippen LogP contribution < -0.4 is 0 Å². The Morgan fingerprint density at radius 1 is 1.38 bits per heavy atom. The van der Waals surface area contributed by atoms with Crippen LogP contribution >= 0.6 is 0 Å². The molecule has 1 heterocycles. The zero-order valence-electron chi connectivity index (χ0n) is 14.9. The minimum absolute atomic E-state index is 0.0392. The summed E-state index contributed by atoms with van der Waals surface area (Å²) in [5, 5.41) is 11.9. The zero-order valence-corrected chi connectivity index (χ0v) is 14.9. The summed E-state index contributed by atoms with van der Waals surface area (Å²) in [6.45, 7) is 4.51. The van der Waals surface area contributed by atoms with Gasteiger partial charge in [-0.1, -0.05) is 44.2 Å². The number of carbonyl (C=O) groups is 2. The van der Waals surface area contributed by atoms with Gasteiger partial charge in [0.1, 0.15) is 18.4 Å². The second-order valence-electron chi connectivity index (χ2n) is 6.21. The Hall–Kier alpha value is -2.67. The van der Waals surface area contributed by atoms with E-state index in [1.807, 2.05) is 30.3 Å². The van der Waals surface area contributed by atoms with Crippen molar-refractivity contribution < 1.29 is 29.0 Å².